The van der Waals surface area contributed by atoms with Gasteiger partial charge in [-0.1, -0.05) is 0 Å². The molecule has 7 nitrogen and oxygen atoms in total. The van der Waals surface area contributed by atoms with E-state index in [9.17, 15) is 9.59 Å². The minimum absolute atomic E-state index is 0.0437. The molecule has 122 valence electrons. The first kappa shape index (κ1) is 15.5. The number of aromatic nitrogens is 4. The van der Waals surface area contributed by atoms with Crippen LogP contribution in [0.2, 0.25) is 0 Å². The Morgan fingerprint density at radius 1 is 1.22 bits per heavy atom. The first-order chi connectivity index (χ1) is 11.0. The molecule has 0 unspecified atom stereocenters. The van der Waals surface area contributed by atoms with Gasteiger partial charge in [0.2, 0.25) is 0 Å². The smallest absolute Gasteiger partial charge is 0.266 e. The summed E-state index contributed by atoms with van der Waals surface area (Å²) in [5.74, 6) is 1.29. The van der Waals surface area contributed by atoms with Crippen LogP contribution in [0.25, 0.3) is 0 Å². The first-order valence-corrected chi connectivity index (χ1v) is 7.85. The standard InChI is InChI=1S/C16H21N5O2/c1-12-9-17-11-21(16(12)23)10-13-5-7-20(8-6-13)14-3-4-15(22)19(2)18-14/h3-4,9,11,13H,5-8,10H2,1-2H3. The minimum atomic E-state index is -0.102. The summed E-state index contributed by atoms with van der Waals surface area (Å²) in [5.41, 5.74) is 0.622. The lowest BCUT2D eigenvalue weighted by Gasteiger charge is -2.32. The topological polar surface area (TPSA) is 73.0 Å². The highest BCUT2D eigenvalue weighted by Gasteiger charge is 2.21. The largest absolute Gasteiger partial charge is 0.355 e. The molecule has 0 amide bonds. The van der Waals surface area contributed by atoms with Crippen LogP contribution in [0.4, 0.5) is 5.82 Å². The highest BCUT2D eigenvalue weighted by atomic mass is 16.1. The van der Waals surface area contributed by atoms with Crippen LogP contribution in [0.5, 0.6) is 0 Å². The normalized spacial score (nSPS) is 15.8. The van der Waals surface area contributed by atoms with Gasteiger partial charge < -0.3 is 4.90 Å². The molecule has 23 heavy (non-hydrogen) atoms. The number of anilines is 1. The zero-order valence-electron chi connectivity index (χ0n) is 13.5. The molecule has 1 aliphatic rings. The second kappa shape index (κ2) is 6.36. The van der Waals surface area contributed by atoms with Crippen molar-refractivity contribution < 1.29 is 0 Å². The molecule has 7 heteroatoms. The SMILES string of the molecule is Cc1cncn(CC2CCN(c3ccc(=O)n(C)n3)CC2)c1=O. The van der Waals surface area contributed by atoms with Gasteiger partial charge in [0.1, 0.15) is 5.82 Å². The first-order valence-electron chi connectivity index (χ1n) is 7.85. The number of hydrogen-bond donors (Lipinski definition) is 0. The Morgan fingerprint density at radius 2 is 1.96 bits per heavy atom. The molecule has 1 saturated heterocycles. The van der Waals surface area contributed by atoms with E-state index in [1.54, 1.807) is 43.2 Å². The molecular weight excluding hydrogens is 294 g/mol. The van der Waals surface area contributed by atoms with Crippen LogP contribution in [-0.2, 0) is 13.6 Å². The Morgan fingerprint density at radius 3 is 2.65 bits per heavy atom. The maximum atomic E-state index is 12.1. The van der Waals surface area contributed by atoms with Gasteiger partial charge >= 0.3 is 0 Å². The zero-order chi connectivity index (χ0) is 16.4. The molecule has 0 bridgehead atoms. The van der Waals surface area contributed by atoms with Crippen molar-refractivity contribution in [1.29, 1.82) is 0 Å². The van der Waals surface area contributed by atoms with Crippen molar-refractivity contribution in [2.45, 2.75) is 26.3 Å². The second-order valence-corrected chi connectivity index (χ2v) is 6.12. The summed E-state index contributed by atoms with van der Waals surface area (Å²) >= 11 is 0. The second-order valence-electron chi connectivity index (χ2n) is 6.12. The van der Waals surface area contributed by atoms with Gasteiger partial charge in [0.15, 0.2) is 0 Å². The van der Waals surface area contributed by atoms with Gasteiger partial charge in [-0.2, -0.15) is 5.10 Å². The predicted octanol–water partition coefficient (Wildman–Crippen LogP) is 0.562. The average Bonchev–Trinajstić information content (AvgIpc) is 2.55. The van der Waals surface area contributed by atoms with E-state index < -0.39 is 0 Å². The molecular formula is C16H21N5O2. The Labute approximate surface area is 134 Å². The monoisotopic (exact) mass is 315 g/mol. The van der Waals surface area contributed by atoms with E-state index in [0.29, 0.717) is 18.0 Å². The molecule has 3 heterocycles. The van der Waals surface area contributed by atoms with Crippen LogP contribution in [0, 0.1) is 12.8 Å². The third-order valence-corrected chi connectivity index (χ3v) is 4.41. The molecule has 0 aromatic carbocycles. The van der Waals surface area contributed by atoms with Crippen LogP contribution in [-0.4, -0.2) is 32.4 Å². The van der Waals surface area contributed by atoms with Crippen LogP contribution >= 0.6 is 0 Å². The molecule has 0 radical (unpaired) electrons. The number of nitrogens with zero attached hydrogens (tertiary/aromatic N) is 5. The quantitative estimate of drug-likeness (QED) is 0.827. The van der Waals surface area contributed by atoms with Gasteiger partial charge in [-0.05, 0) is 31.7 Å². The zero-order valence-corrected chi connectivity index (χ0v) is 13.5. The lowest BCUT2D eigenvalue weighted by molar-refractivity contribution is 0.349. The van der Waals surface area contributed by atoms with Crippen molar-refractivity contribution in [2.24, 2.45) is 13.0 Å². The Balaban J connectivity index is 1.64. The fourth-order valence-corrected chi connectivity index (χ4v) is 2.97. The lowest BCUT2D eigenvalue weighted by Crippen LogP contribution is -2.38. The summed E-state index contributed by atoms with van der Waals surface area (Å²) in [5, 5.41) is 4.30. The molecule has 0 spiro atoms. The minimum Gasteiger partial charge on any atom is -0.355 e. The van der Waals surface area contributed by atoms with Gasteiger partial charge in [0.25, 0.3) is 11.1 Å². The number of aryl methyl sites for hydroxylation is 2. The molecule has 0 N–H and O–H groups in total. The molecule has 1 fully saturated rings. The third-order valence-electron chi connectivity index (χ3n) is 4.41. The van der Waals surface area contributed by atoms with Crippen molar-refractivity contribution in [3.8, 4) is 0 Å². The van der Waals surface area contributed by atoms with Crippen molar-refractivity contribution in [3.63, 3.8) is 0 Å². The highest BCUT2D eigenvalue weighted by molar-refractivity contribution is 5.36. The van der Waals surface area contributed by atoms with Crippen molar-refractivity contribution in [2.75, 3.05) is 18.0 Å². The predicted molar refractivity (Wildman–Crippen MR) is 87.6 cm³/mol. The summed E-state index contributed by atoms with van der Waals surface area (Å²) in [7, 11) is 1.66. The average molecular weight is 315 g/mol. The van der Waals surface area contributed by atoms with Gasteiger partial charge in [0.05, 0.1) is 6.33 Å². The fourth-order valence-electron chi connectivity index (χ4n) is 2.97. The van der Waals surface area contributed by atoms with Crippen LogP contribution in [0.3, 0.4) is 0 Å². The number of rotatable bonds is 3. The van der Waals surface area contributed by atoms with E-state index in [0.717, 1.165) is 31.7 Å². The summed E-state index contributed by atoms with van der Waals surface area (Å²) in [6.07, 6.45) is 5.21. The van der Waals surface area contributed by atoms with E-state index >= 15 is 0 Å². The van der Waals surface area contributed by atoms with E-state index in [1.807, 2.05) is 0 Å². The van der Waals surface area contributed by atoms with Crippen molar-refractivity contribution in [3.05, 3.63) is 50.9 Å². The van der Waals surface area contributed by atoms with E-state index in [-0.39, 0.29) is 11.1 Å². The van der Waals surface area contributed by atoms with E-state index in [1.165, 1.54) is 4.68 Å². The van der Waals surface area contributed by atoms with Crippen molar-refractivity contribution in [1.82, 2.24) is 19.3 Å². The Bertz CT molecular complexity index is 803. The highest BCUT2D eigenvalue weighted by Crippen LogP contribution is 2.22. The fraction of sp³-hybridized carbons (Fsp3) is 0.500. The van der Waals surface area contributed by atoms with E-state index in [4.69, 9.17) is 0 Å². The Hall–Kier alpha value is -2.44. The Kier molecular flexibility index (Phi) is 4.27. The van der Waals surface area contributed by atoms with Crippen molar-refractivity contribution >= 4 is 5.82 Å². The van der Waals surface area contributed by atoms with Gasteiger partial charge in [-0.3, -0.25) is 14.2 Å². The number of hydrogen-bond acceptors (Lipinski definition) is 5. The summed E-state index contributed by atoms with van der Waals surface area (Å²) in [6.45, 7) is 4.26. The van der Waals surface area contributed by atoms with Crippen LogP contribution in [0.1, 0.15) is 18.4 Å². The van der Waals surface area contributed by atoms with Gasteiger partial charge in [0, 0.05) is 44.5 Å². The van der Waals surface area contributed by atoms with E-state index in [2.05, 4.69) is 15.0 Å². The summed E-state index contributed by atoms with van der Waals surface area (Å²) in [4.78, 5) is 29.8. The van der Waals surface area contributed by atoms with Gasteiger partial charge in [-0.25, -0.2) is 9.67 Å². The maximum Gasteiger partial charge on any atom is 0.266 e. The number of piperidine rings is 1. The molecule has 0 atom stereocenters. The molecule has 3 rings (SSSR count). The third kappa shape index (κ3) is 3.33. The maximum absolute atomic E-state index is 12.1. The van der Waals surface area contributed by atoms with Crippen LogP contribution < -0.4 is 16.0 Å². The molecule has 0 aliphatic carbocycles. The molecule has 2 aromatic heterocycles. The molecule has 2 aromatic rings. The molecule has 0 saturated carbocycles. The van der Waals surface area contributed by atoms with Crippen LogP contribution in [0.15, 0.2) is 34.2 Å². The summed E-state index contributed by atoms with van der Waals surface area (Å²) < 4.78 is 3.07. The summed E-state index contributed by atoms with van der Waals surface area (Å²) in [6, 6.07) is 3.32. The van der Waals surface area contributed by atoms with Gasteiger partial charge in [-0.15, -0.1) is 0 Å². The lowest BCUT2D eigenvalue weighted by atomic mass is 9.96. The molecule has 1 aliphatic heterocycles.